The summed E-state index contributed by atoms with van der Waals surface area (Å²) in [6, 6.07) is 26.5. The molecule has 1 N–H and O–H groups in total. The minimum Gasteiger partial charge on any atom is -0.340 e. The molecule has 0 aliphatic heterocycles. The molecule has 0 spiro atoms. The fourth-order valence-electron chi connectivity index (χ4n) is 2.54. The lowest BCUT2D eigenvalue weighted by Gasteiger charge is -2.10. The molecule has 1 aromatic heterocycles. The fraction of sp³-hybridized carbons (Fsp3) is 0.0476. The second-order valence-corrected chi connectivity index (χ2v) is 6.79. The van der Waals surface area contributed by atoms with Crippen LogP contribution in [0.15, 0.2) is 83.9 Å². The summed E-state index contributed by atoms with van der Waals surface area (Å²) in [5.41, 5.74) is 4.24. The zero-order valence-electron chi connectivity index (χ0n) is 13.8. The Hall–Kier alpha value is -2.98. The summed E-state index contributed by atoms with van der Waals surface area (Å²) in [6.45, 7) is 2.08. The van der Waals surface area contributed by atoms with Crippen LogP contribution in [-0.4, -0.2) is 10.8 Å². The molecule has 0 fully saturated rings. The van der Waals surface area contributed by atoms with Crippen molar-refractivity contribution >= 4 is 38.2 Å². The predicted molar refractivity (Wildman–Crippen MR) is 107 cm³/mol. The summed E-state index contributed by atoms with van der Waals surface area (Å²) in [5, 5.41) is 4.17. The molecule has 0 saturated carbocycles. The molecule has 0 radical (unpaired) electrons. The van der Waals surface area contributed by atoms with E-state index in [9.17, 15) is 0 Å². The van der Waals surface area contributed by atoms with Gasteiger partial charge in [-0.1, -0.05) is 71.5 Å². The summed E-state index contributed by atoms with van der Waals surface area (Å²) >= 11 is 1.60. The minimum atomic E-state index is 0.750. The molecule has 0 saturated heterocycles. The molecule has 0 unspecified atom stereocenters. The third-order valence-electron chi connectivity index (χ3n) is 3.85. The first kappa shape index (κ1) is 15.5. The third kappa shape index (κ3) is 3.59. The van der Waals surface area contributed by atoms with Crippen molar-refractivity contribution in [3.05, 3.63) is 90.0 Å². The smallest absolute Gasteiger partial charge is 0.212 e. The molecular weight excluding hydrogens is 326 g/mol. The van der Waals surface area contributed by atoms with Crippen molar-refractivity contribution < 1.29 is 0 Å². The number of rotatable bonds is 3. The van der Waals surface area contributed by atoms with Gasteiger partial charge in [-0.3, -0.25) is 0 Å². The minimum absolute atomic E-state index is 0.750. The summed E-state index contributed by atoms with van der Waals surface area (Å²) in [6.07, 6.45) is 0. The quantitative estimate of drug-likeness (QED) is 0.377. The molecule has 3 nitrogen and oxygen atoms in total. The van der Waals surface area contributed by atoms with E-state index in [2.05, 4.69) is 47.6 Å². The molecule has 0 bridgehead atoms. The largest absolute Gasteiger partial charge is 0.340 e. The third-order valence-corrected chi connectivity index (χ3v) is 4.78. The average molecular weight is 343 g/mol. The second kappa shape index (κ2) is 6.87. The second-order valence-electron chi connectivity index (χ2n) is 5.78. The molecule has 122 valence electrons. The van der Waals surface area contributed by atoms with Crippen LogP contribution < -0.4 is 5.32 Å². The number of aromatic nitrogens is 1. The van der Waals surface area contributed by atoms with Crippen molar-refractivity contribution in [1.82, 2.24) is 4.98 Å². The molecule has 4 rings (SSSR count). The van der Waals surface area contributed by atoms with Gasteiger partial charge in [0.15, 0.2) is 0 Å². The lowest BCUT2D eigenvalue weighted by Crippen LogP contribution is -2.13. The van der Waals surface area contributed by atoms with Crippen molar-refractivity contribution in [2.24, 2.45) is 4.99 Å². The number of thiazole rings is 1. The van der Waals surface area contributed by atoms with Gasteiger partial charge in [-0.2, -0.15) is 0 Å². The molecule has 0 amide bonds. The van der Waals surface area contributed by atoms with Gasteiger partial charge in [0.25, 0.3) is 0 Å². The van der Waals surface area contributed by atoms with Crippen LogP contribution in [0.2, 0.25) is 0 Å². The summed E-state index contributed by atoms with van der Waals surface area (Å²) in [7, 11) is 0. The Labute approximate surface area is 150 Å². The number of aryl methyl sites for hydroxylation is 1. The summed E-state index contributed by atoms with van der Waals surface area (Å²) in [4.78, 5) is 9.43. The van der Waals surface area contributed by atoms with E-state index in [1.807, 2.05) is 48.5 Å². The normalized spacial score (nSPS) is 11.6. The Morgan fingerprint density at radius 1 is 0.880 bits per heavy atom. The highest BCUT2D eigenvalue weighted by Gasteiger charge is 2.08. The Kier molecular flexibility index (Phi) is 4.27. The molecule has 0 aliphatic rings. The first-order valence-electron chi connectivity index (χ1n) is 8.11. The van der Waals surface area contributed by atoms with Gasteiger partial charge in [0.05, 0.1) is 10.2 Å². The Morgan fingerprint density at radius 2 is 1.60 bits per heavy atom. The van der Waals surface area contributed by atoms with Crippen LogP contribution in [0, 0.1) is 6.92 Å². The molecule has 25 heavy (non-hydrogen) atoms. The molecule has 0 aliphatic carbocycles. The number of amidine groups is 1. The molecule has 1 heterocycles. The molecule has 3 aromatic carbocycles. The summed E-state index contributed by atoms with van der Waals surface area (Å²) in [5.74, 6) is 0.797. The van der Waals surface area contributed by atoms with Gasteiger partial charge >= 0.3 is 0 Å². The number of aliphatic imine (C=N–C) groups is 1. The van der Waals surface area contributed by atoms with E-state index in [-0.39, 0.29) is 0 Å². The number of nitrogens with one attached hydrogen (secondary N) is 1. The first-order valence-corrected chi connectivity index (χ1v) is 8.93. The highest BCUT2D eigenvalue weighted by molar-refractivity contribution is 7.22. The van der Waals surface area contributed by atoms with Crippen LogP contribution in [0.1, 0.15) is 11.1 Å². The monoisotopic (exact) mass is 343 g/mol. The van der Waals surface area contributed by atoms with E-state index in [1.54, 1.807) is 11.3 Å². The van der Waals surface area contributed by atoms with Gasteiger partial charge in [0.1, 0.15) is 5.84 Å². The van der Waals surface area contributed by atoms with Crippen molar-refractivity contribution in [2.75, 3.05) is 5.32 Å². The van der Waals surface area contributed by atoms with Gasteiger partial charge in [-0.05, 0) is 31.2 Å². The van der Waals surface area contributed by atoms with E-state index in [4.69, 9.17) is 4.99 Å². The molecule has 4 heteroatoms. The maximum absolute atomic E-state index is 4.80. The van der Waals surface area contributed by atoms with Crippen LogP contribution in [0.5, 0.6) is 0 Å². The van der Waals surface area contributed by atoms with Crippen LogP contribution in [0.4, 0.5) is 10.8 Å². The maximum Gasteiger partial charge on any atom is 0.212 e. The number of para-hydroxylation sites is 2. The SMILES string of the molecule is Cc1ccc(/C(=N\c2nc3ccccc3s2)Nc2ccccc2)cc1. The highest BCUT2D eigenvalue weighted by atomic mass is 32.1. The summed E-state index contributed by atoms with van der Waals surface area (Å²) < 4.78 is 1.14. The van der Waals surface area contributed by atoms with Crippen LogP contribution in [0.3, 0.4) is 0 Å². The number of nitrogens with zero attached hydrogens (tertiary/aromatic N) is 2. The van der Waals surface area contributed by atoms with E-state index in [0.29, 0.717) is 0 Å². The van der Waals surface area contributed by atoms with Gasteiger partial charge in [0.2, 0.25) is 5.13 Å². The molecule has 4 aromatic rings. The van der Waals surface area contributed by atoms with Crippen molar-refractivity contribution in [3.8, 4) is 0 Å². The van der Waals surface area contributed by atoms with Gasteiger partial charge in [-0.15, -0.1) is 0 Å². The van der Waals surface area contributed by atoms with E-state index in [1.165, 1.54) is 5.56 Å². The zero-order chi connectivity index (χ0) is 17.1. The average Bonchev–Trinajstić information content (AvgIpc) is 3.05. The van der Waals surface area contributed by atoms with Crippen LogP contribution in [-0.2, 0) is 0 Å². The number of fused-ring (bicyclic) bond motifs is 1. The predicted octanol–water partition coefficient (Wildman–Crippen LogP) is 5.80. The lowest BCUT2D eigenvalue weighted by molar-refractivity contribution is 1.38. The van der Waals surface area contributed by atoms with E-state index in [0.717, 1.165) is 32.4 Å². The Morgan fingerprint density at radius 3 is 2.36 bits per heavy atom. The Balaban J connectivity index is 1.76. The number of benzene rings is 3. The topological polar surface area (TPSA) is 37.3 Å². The highest BCUT2D eigenvalue weighted by Crippen LogP contribution is 2.28. The van der Waals surface area contributed by atoms with Crippen molar-refractivity contribution in [1.29, 1.82) is 0 Å². The van der Waals surface area contributed by atoms with Crippen LogP contribution >= 0.6 is 11.3 Å². The van der Waals surface area contributed by atoms with Crippen molar-refractivity contribution in [2.45, 2.75) is 6.92 Å². The van der Waals surface area contributed by atoms with Gasteiger partial charge < -0.3 is 5.32 Å². The Bertz CT molecular complexity index is 985. The maximum atomic E-state index is 4.80. The zero-order valence-corrected chi connectivity index (χ0v) is 14.6. The van der Waals surface area contributed by atoms with Gasteiger partial charge in [-0.25, -0.2) is 9.98 Å². The molecular formula is C21H17N3S. The standard InChI is InChI=1S/C21H17N3S/c1-15-11-13-16(14-12-15)20(22-17-7-3-2-4-8-17)24-21-23-18-9-5-6-10-19(18)25-21/h2-14H,1H3,(H,22,23,24). The van der Waals surface area contributed by atoms with E-state index < -0.39 is 0 Å². The number of hydrogen-bond donors (Lipinski definition) is 1. The number of anilines is 1. The lowest BCUT2D eigenvalue weighted by atomic mass is 10.1. The number of hydrogen-bond acceptors (Lipinski definition) is 3. The van der Waals surface area contributed by atoms with Crippen LogP contribution in [0.25, 0.3) is 10.2 Å². The van der Waals surface area contributed by atoms with Gasteiger partial charge in [0, 0.05) is 11.3 Å². The van der Waals surface area contributed by atoms with E-state index >= 15 is 0 Å². The fourth-order valence-corrected chi connectivity index (χ4v) is 3.38. The van der Waals surface area contributed by atoms with Crippen molar-refractivity contribution in [3.63, 3.8) is 0 Å². The molecule has 0 atom stereocenters. The first-order chi connectivity index (χ1) is 12.3.